The highest BCUT2D eigenvalue weighted by atomic mass is 35.5. The molecular weight excluding hydrogens is 510 g/mol. The summed E-state index contributed by atoms with van der Waals surface area (Å²) in [6.45, 7) is 3.21. The molecule has 0 amide bonds. The summed E-state index contributed by atoms with van der Waals surface area (Å²) in [4.78, 5) is 39.2. The quantitative estimate of drug-likeness (QED) is 0.320. The zero-order chi connectivity index (χ0) is 25.5. The van der Waals surface area contributed by atoms with Crippen LogP contribution in [0.5, 0.6) is 0 Å². The number of nitrogens with one attached hydrogen (secondary N) is 2. The minimum atomic E-state index is -0.487. The van der Waals surface area contributed by atoms with Gasteiger partial charge in [0.15, 0.2) is 5.43 Å². The summed E-state index contributed by atoms with van der Waals surface area (Å²) in [5.74, 6) is 0.358. The number of benzene rings is 2. The second-order valence-electron chi connectivity index (χ2n) is 8.79. The van der Waals surface area contributed by atoms with Gasteiger partial charge in [-0.2, -0.15) is 0 Å². The van der Waals surface area contributed by atoms with E-state index >= 15 is 0 Å². The monoisotopic (exact) mass is 531 g/mol. The largest absolute Gasteiger partial charge is 0.379 e. The van der Waals surface area contributed by atoms with Gasteiger partial charge >= 0.3 is 0 Å². The predicted octanol–water partition coefficient (Wildman–Crippen LogP) is 4.94. The van der Waals surface area contributed by atoms with Gasteiger partial charge in [-0.25, -0.2) is 9.97 Å². The molecule has 186 valence electrons. The highest BCUT2D eigenvalue weighted by molar-refractivity contribution is 8.00. The molecule has 3 aromatic heterocycles. The fraction of sp³-hybridized carbons (Fsp3) is 0.185. The SMILES string of the molecule is C[C@H](Nc1ncnc2[nH]ccc(=O)c12)c1c(Cl)c2cccc(SC3COC3)c2c(=O)n1-c1ccccc1. The Morgan fingerprint density at radius 3 is 2.65 bits per heavy atom. The van der Waals surface area contributed by atoms with Gasteiger partial charge in [0.25, 0.3) is 5.56 Å². The number of anilines is 1. The Labute approximate surface area is 220 Å². The Hall–Kier alpha value is -3.66. The van der Waals surface area contributed by atoms with Crippen LogP contribution in [0.15, 0.2) is 81.6 Å². The number of rotatable bonds is 6. The van der Waals surface area contributed by atoms with Crippen molar-refractivity contribution >= 4 is 51.0 Å². The van der Waals surface area contributed by atoms with Crippen LogP contribution in [-0.4, -0.2) is 38.0 Å². The van der Waals surface area contributed by atoms with Crippen LogP contribution in [0.2, 0.25) is 5.02 Å². The molecule has 2 aromatic carbocycles. The number of para-hydroxylation sites is 1. The zero-order valence-electron chi connectivity index (χ0n) is 19.8. The minimum absolute atomic E-state index is 0.164. The lowest BCUT2D eigenvalue weighted by atomic mass is 10.1. The molecule has 1 saturated heterocycles. The minimum Gasteiger partial charge on any atom is -0.379 e. The molecule has 1 aliphatic rings. The van der Waals surface area contributed by atoms with Crippen LogP contribution in [0.4, 0.5) is 5.82 Å². The summed E-state index contributed by atoms with van der Waals surface area (Å²) in [6.07, 6.45) is 2.93. The average Bonchev–Trinajstić information content (AvgIpc) is 2.88. The summed E-state index contributed by atoms with van der Waals surface area (Å²) in [6, 6.07) is 16.1. The maximum atomic E-state index is 14.2. The van der Waals surface area contributed by atoms with Crippen molar-refractivity contribution < 1.29 is 4.74 Å². The number of hydrogen-bond donors (Lipinski definition) is 2. The van der Waals surface area contributed by atoms with Crippen LogP contribution in [0.25, 0.3) is 27.5 Å². The number of thioether (sulfide) groups is 1. The van der Waals surface area contributed by atoms with Crippen LogP contribution < -0.4 is 16.3 Å². The lowest BCUT2D eigenvalue weighted by Gasteiger charge is -2.27. The molecule has 5 aromatic rings. The van der Waals surface area contributed by atoms with Gasteiger partial charge in [-0.3, -0.25) is 14.2 Å². The number of halogens is 1. The molecule has 0 bridgehead atoms. The van der Waals surface area contributed by atoms with E-state index in [-0.39, 0.29) is 11.0 Å². The summed E-state index contributed by atoms with van der Waals surface area (Å²) >= 11 is 8.74. The van der Waals surface area contributed by atoms with E-state index in [9.17, 15) is 9.59 Å². The van der Waals surface area contributed by atoms with Gasteiger partial charge in [-0.05, 0) is 25.1 Å². The Morgan fingerprint density at radius 1 is 1.08 bits per heavy atom. The lowest BCUT2D eigenvalue weighted by molar-refractivity contribution is 0.0455. The molecule has 4 heterocycles. The maximum Gasteiger partial charge on any atom is 0.264 e. The number of pyridine rings is 2. The smallest absolute Gasteiger partial charge is 0.264 e. The number of nitrogens with zero attached hydrogens (tertiary/aromatic N) is 3. The molecule has 0 unspecified atom stereocenters. The Balaban J connectivity index is 1.56. The van der Waals surface area contributed by atoms with Gasteiger partial charge in [0.2, 0.25) is 0 Å². The number of fused-ring (bicyclic) bond motifs is 2. The third kappa shape index (κ3) is 4.19. The van der Waals surface area contributed by atoms with Gasteiger partial charge in [-0.15, -0.1) is 11.8 Å². The Kier molecular flexibility index (Phi) is 6.19. The molecule has 10 heteroatoms. The van der Waals surface area contributed by atoms with E-state index in [1.807, 2.05) is 55.5 Å². The molecule has 0 aliphatic carbocycles. The van der Waals surface area contributed by atoms with Crippen molar-refractivity contribution in [3.63, 3.8) is 0 Å². The number of hydrogen-bond acceptors (Lipinski definition) is 7. The summed E-state index contributed by atoms with van der Waals surface area (Å²) in [5, 5.41) is 5.67. The van der Waals surface area contributed by atoms with Crippen molar-refractivity contribution in [1.29, 1.82) is 0 Å². The van der Waals surface area contributed by atoms with Crippen molar-refractivity contribution in [3.05, 3.63) is 98.4 Å². The molecule has 1 fully saturated rings. The van der Waals surface area contributed by atoms with E-state index < -0.39 is 6.04 Å². The van der Waals surface area contributed by atoms with Crippen LogP contribution in [0.3, 0.4) is 0 Å². The van der Waals surface area contributed by atoms with Crippen molar-refractivity contribution in [2.24, 2.45) is 0 Å². The normalized spacial score (nSPS) is 14.5. The zero-order valence-corrected chi connectivity index (χ0v) is 21.3. The fourth-order valence-electron chi connectivity index (χ4n) is 4.56. The molecule has 0 radical (unpaired) electrons. The molecule has 2 N–H and O–H groups in total. The molecule has 1 aliphatic heterocycles. The van der Waals surface area contributed by atoms with Crippen LogP contribution in [0.1, 0.15) is 18.7 Å². The van der Waals surface area contributed by atoms with Crippen LogP contribution >= 0.6 is 23.4 Å². The van der Waals surface area contributed by atoms with E-state index in [2.05, 4.69) is 20.3 Å². The number of H-pyrrole nitrogens is 1. The third-order valence-electron chi connectivity index (χ3n) is 6.37. The molecule has 6 rings (SSSR count). The second kappa shape index (κ2) is 9.66. The summed E-state index contributed by atoms with van der Waals surface area (Å²) in [5.41, 5.74) is 1.30. The van der Waals surface area contributed by atoms with Gasteiger partial charge in [0.1, 0.15) is 23.2 Å². The van der Waals surface area contributed by atoms with Gasteiger partial charge in [0, 0.05) is 28.2 Å². The molecule has 1 atom stereocenters. The molecular formula is C27H22ClN5O3S. The first-order valence-corrected chi connectivity index (χ1v) is 13.0. The number of aromatic amines is 1. The fourth-order valence-corrected chi connectivity index (χ4v) is 6.13. The van der Waals surface area contributed by atoms with Crippen molar-refractivity contribution in [3.8, 4) is 5.69 Å². The topological polar surface area (TPSA) is 102 Å². The highest BCUT2D eigenvalue weighted by Gasteiger charge is 2.26. The van der Waals surface area contributed by atoms with E-state index in [0.29, 0.717) is 62.5 Å². The summed E-state index contributed by atoms with van der Waals surface area (Å²) < 4.78 is 6.99. The Bertz CT molecular complexity index is 1750. The highest BCUT2D eigenvalue weighted by Crippen LogP contribution is 2.38. The van der Waals surface area contributed by atoms with Crippen LogP contribution in [0, 0.1) is 0 Å². The second-order valence-corrected chi connectivity index (χ2v) is 10.5. The molecule has 0 spiro atoms. The van der Waals surface area contributed by atoms with Gasteiger partial charge in [0.05, 0.1) is 40.6 Å². The van der Waals surface area contributed by atoms with E-state index in [4.69, 9.17) is 16.3 Å². The predicted molar refractivity (Wildman–Crippen MR) is 147 cm³/mol. The number of ether oxygens (including phenoxy) is 1. The number of aromatic nitrogens is 4. The van der Waals surface area contributed by atoms with E-state index in [1.165, 1.54) is 12.4 Å². The van der Waals surface area contributed by atoms with Crippen molar-refractivity contribution in [2.45, 2.75) is 23.1 Å². The van der Waals surface area contributed by atoms with Gasteiger partial charge in [-0.1, -0.05) is 41.9 Å². The molecule has 8 nitrogen and oxygen atoms in total. The van der Waals surface area contributed by atoms with E-state index in [0.717, 1.165) is 4.90 Å². The standard InChI is InChI=1S/C27H22ClN5O3S/c1-15(32-26-22-19(34)10-11-29-25(22)30-14-31-26)24-23(28)18-8-5-9-20(37-17-12-36-13-17)21(18)27(35)33(24)16-6-3-2-4-7-16/h2-11,14-15,17H,12-13H2,1H3,(H2,29,30,31,32,34)/t15-/m0/s1. The first-order chi connectivity index (χ1) is 18.0. The van der Waals surface area contributed by atoms with Crippen LogP contribution in [-0.2, 0) is 4.74 Å². The first-order valence-electron chi connectivity index (χ1n) is 11.8. The first kappa shape index (κ1) is 23.7. The maximum absolute atomic E-state index is 14.2. The average molecular weight is 532 g/mol. The van der Waals surface area contributed by atoms with Crippen molar-refractivity contribution in [2.75, 3.05) is 18.5 Å². The third-order valence-corrected chi connectivity index (χ3v) is 7.97. The van der Waals surface area contributed by atoms with Crippen molar-refractivity contribution in [1.82, 2.24) is 19.5 Å². The Morgan fingerprint density at radius 2 is 1.89 bits per heavy atom. The lowest BCUT2D eigenvalue weighted by Crippen LogP contribution is -2.30. The van der Waals surface area contributed by atoms with Gasteiger partial charge < -0.3 is 15.0 Å². The van der Waals surface area contributed by atoms with E-state index in [1.54, 1.807) is 22.5 Å². The molecule has 0 saturated carbocycles. The molecule has 37 heavy (non-hydrogen) atoms. The summed E-state index contributed by atoms with van der Waals surface area (Å²) in [7, 11) is 0.